The van der Waals surface area contributed by atoms with Gasteiger partial charge in [0.05, 0.1) is 9.79 Å². The molecular weight excluding hydrogens is 410 g/mol. The fourth-order valence-electron chi connectivity index (χ4n) is 1.41. The second-order valence-corrected chi connectivity index (χ2v) is 7.29. The Morgan fingerprint density at radius 3 is 1.00 bits per heavy atom. The van der Waals surface area contributed by atoms with Crippen LogP contribution in [0.15, 0.2) is 58.3 Å². The maximum atomic E-state index is 10.4. The predicted molar refractivity (Wildman–Crippen MR) is 81.9 cm³/mol. The van der Waals surface area contributed by atoms with Crippen LogP contribution in [0.1, 0.15) is 11.1 Å². The third-order valence-electron chi connectivity index (χ3n) is 2.62. The van der Waals surface area contributed by atoms with Crippen molar-refractivity contribution in [1.29, 1.82) is 0 Å². The van der Waals surface area contributed by atoms with Crippen LogP contribution in [0, 0.1) is 13.8 Å². The van der Waals surface area contributed by atoms with Crippen LogP contribution in [0.25, 0.3) is 0 Å². The number of hydrogen-bond donors (Lipinski definition) is 0. The Bertz CT molecular complexity index is 754. The van der Waals surface area contributed by atoms with Crippen LogP contribution in [0.4, 0.5) is 0 Å². The normalized spacial score (nSPS) is 10.5. The Balaban J connectivity index is 0. The molecule has 0 saturated heterocycles. The molecule has 0 spiro atoms. The minimum atomic E-state index is -4.27. The van der Waals surface area contributed by atoms with Gasteiger partial charge in [-0.15, -0.1) is 0 Å². The van der Waals surface area contributed by atoms with Gasteiger partial charge in [0.25, 0.3) is 0 Å². The molecule has 2 N–H and O–H groups in total. The van der Waals surface area contributed by atoms with E-state index in [1.807, 2.05) is 13.8 Å². The summed E-state index contributed by atoms with van der Waals surface area (Å²) in [5.74, 6) is 0. The SMILES string of the molecule is Cc1ccc(S(=O)(=O)[O-])cc1.Cc1ccc(S(=O)(=O)[O-])cc1.O.[Zn+2]. The molecule has 0 fully saturated rings. The molecule has 0 aliphatic rings. The van der Waals surface area contributed by atoms with Crippen LogP contribution in [0.3, 0.4) is 0 Å². The van der Waals surface area contributed by atoms with Crippen LogP contribution >= 0.6 is 0 Å². The van der Waals surface area contributed by atoms with Crippen molar-refractivity contribution < 1.29 is 50.9 Å². The van der Waals surface area contributed by atoms with Gasteiger partial charge in [-0.2, -0.15) is 0 Å². The van der Waals surface area contributed by atoms with Crippen LogP contribution in [-0.2, 0) is 39.7 Å². The van der Waals surface area contributed by atoms with Crippen molar-refractivity contribution in [1.82, 2.24) is 0 Å². The standard InChI is InChI=1S/2C7H8O3S.H2O.Zn/c2*1-6-2-4-7(5-3-6)11(8,9)10;;/h2*2-5H,1H3,(H,8,9,10);1H2;/q;;;+2/p-2. The second-order valence-electron chi connectivity index (χ2n) is 4.53. The quantitative estimate of drug-likeness (QED) is 0.517. The van der Waals surface area contributed by atoms with Crippen molar-refractivity contribution in [2.24, 2.45) is 0 Å². The summed E-state index contributed by atoms with van der Waals surface area (Å²) in [6.45, 7) is 3.64. The van der Waals surface area contributed by atoms with Gasteiger partial charge in [-0.1, -0.05) is 35.4 Å². The third kappa shape index (κ3) is 8.63. The molecule has 0 radical (unpaired) electrons. The van der Waals surface area contributed by atoms with Gasteiger partial charge in [0.2, 0.25) is 0 Å². The summed E-state index contributed by atoms with van der Waals surface area (Å²) in [4.78, 5) is -0.355. The fraction of sp³-hybridized carbons (Fsp3) is 0.143. The van der Waals surface area contributed by atoms with Gasteiger partial charge < -0.3 is 14.6 Å². The number of aryl methyl sites for hydroxylation is 2. The zero-order valence-corrected chi connectivity index (χ0v) is 17.7. The number of rotatable bonds is 2. The van der Waals surface area contributed by atoms with Crippen LogP contribution in [0.5, 0.6) is 0 Å². The average molecular weight is 426 g/mol. The summed E-state index contributed by atoms with van der Waals surface area (Å²) in [6.07, 6.45) is 0. The van der Waals surface area contributed by atoms with Crippen molar-refractivity contribution in [2.45, 2.75) is 23.6 Å². The smallest absolute Gasteiger partial charge is 0.744 e. The zero-order valence-electron chi connectivity index (χ0n) is 13.1. The number of benzene rings is 2. The van der Waals surface area contributed by atoms with E-state index in [0.29, 0.717) is 0 Å². The van der Waals surface area contributed by atoms with Gasteiger partial charge in [-0.3, -0.25) is 0 Å². The molecular formula is C14H16O7S2Zn. The summed E-state index contributed by atoms with van der Waals surface area (Å²) in [6, 6.07) is 11.6. The van der Waals surface area contributed by atoms with E-state index in [-0.39, 0.29) is 34.7 Å². The Kier molecular flexibility index (Phi) is 10.4. The molecule has 2 aromatic carbocycles. The molecule has 0 heterocycles. The molecule has 0 atom stereocenters. The molecule has 7 nitrogen and oxygen atoms in total. The van der Waals surface area contributed by atoms with Crippen molar-refractivity contribution >= 4 is 20.2 Å². The van der Waals surface area contributed by atoms with Crippen molar-refractivity contribution in [2.75, 3.05) is 0 Å². The molecule has 0 saturated carbocycles. The van der Waals surface area contributed by atoms with Crippen molar-refractivity contribution in [3.8, 4) is 0 Å². The van der Waals surface area contributed by atoms with E-state index in [2.05, 4.69) is 0 Å². The Labute approximate surface area is 154 Å². The van der Waals surface area contributed by atoms with E-state index in [9.17, 15) is 25.9 Å². The topological polar surface area (TPSA) is 146 Å². The summed E-state index contributed by atoms with van der Waals surface area (Å²) >= 11 is 0. The van der Waals surface area contributed by atoms with E-state index >= 15 is 0 Å². The first kappa shape index (κ1) is 25.1. The molecule has 0 amide bonds. The monoisotopic (exact) mass is 424 g/mol. The first-order valence-electron chi connectivity index (χ1n) is 6.05. The van der Waals surface area contributed by atoms with Crippen molar-refractivity contribution in [3.63, 3.8) is 0 Å². The molecule has 24 heavy (non-hydrogen) atoms. The first-order chi connectivity index (χ1) is 10.00. The molecule has 0 aliphatic heterocycles. The average Bonchev–Trinajstić information content (AvgIpc) is 2.38. The summed E-state index contributed by atoms with van der Waals surface area (Å²) in [5.41, 5.74) is 1.86. The predicted octanol–water partition coefficient (Wildman–Crippen LogP) is 0.971. The van der Waals surface area contributed by atoms with E-state index in [4.69, 9.17) is 0 Å². The largest absolute Gasteiger partial charge is 2.00 e. The summed E-state index contributed by atoms with van der Waals surface area (Å²) < 4.78 is 62.3. The molecule has 2 rings (SSSR count). The van der Waals surface area contributed by atoms with E-state index in [1.54, 1.807) is 24.3 Å². The maximum absolute atomic E-state index is 10.4. The van der Waals surface area contributed by atoms with Crippen LogP contribution < -0.4 is 0 Å². The second kappa shape index (κ2) is 9.98. The zero-order chi connectivity index (χ0) is 17.0. The summed E-state index contributed by atoms with van der Waals surface area (Å²) in [5, 5.41) is 0. The maximum Gasteiger partial charge on any atom is 2.00 e. The molecule has 2 aromatic rings. The van der Waals surface area contributed by atoms with Gasteiger partial charge in [0.15, 0.2) is 0 Å². The van der Waals surface area contributed by atoms with E-state index in [1.165, 1.54) is 24.3 Å². The molecule has 0 bridgehead atoms. The molecule has 10 heteroatoms. The third-order valence-corrected chi connectivity index (χ3v) is 4.32. The van der Waals surface area contributed by atoms with Gasteiger partial charge in [-0.05, 0) is 38.1 Å². The first-order valence-corrected chi connectivity index (χ1v) is 8.87. The Morgan fingerprint density at radius 2 is 0.833 bits per heavy atom. The van der Waals surface area contributed by atoms with E-state index < -0.39 is 20.2 Å². The van der Waals surface area contributed by atoms with Gasteiger partial charge in [0, 0.05) is 0 Å². The Morgan fingerprint density at radius 1 is 0.625 bits per heavy atom. The van der Waals surface area contributed by atoms with Gasteiger partial charge in [-0.25, -0.2) is 16.8 Å². The number of hydrogen-bond acceptors (Lipinski definition) is 6. The molecule has 0 aromatic heterocycles. The Hall–Kier alpha value is -1.16. The molecule has 0 aliphatic carbocycles. The van der Waals surface area contributed by atoms with Gasteiger partial charge >= 0.3 is 19.5 Å². The molecule has 0 unspecified atom stereocenters. The van der Waals surface area contributed by atoms with Crippen LogP contribution in [-0.4, -0.2) is 31.4 Å². The minimum Gasteiger partial charge on any atom is -0.744 e. The van der Waals surface area contributed by atoms with E-state index in [0.717, 1.165) is 11.1 Å². The minimum absolute atomic E-state index is 0. The van der Waals surface area contributed by atoms with Crippen LogP contribution in [0.2, 0.25) is 0 Å². The van der Waals surface area contributed by atoms with Crippen molar-refractivity contribution in [3.05, 3.63) is 59.7 Å². The fourth-order valence-corrected chi connectivity index (χ4v) is 2.35. The molecule has 128 valence electrons. The summed E-state index contributed by atoms with van der Waals surface area (Å²) in [7, 11) is -8.54. The van der Waals surface area contributed by atoms with Gasteiger partial charge in [0.1, 0.15) is 20.2 Å².